The number of ether oxygens (including phenoxy) is 5. The topological polar surface area (TPSA) is 127 Å². The number of carbonyl (C=O) groups is 3. The zero-order valence-electron chi connectivity index (χ0n) is 21.1. The zero-order chi connectivity index (χ0) is 25.7. The molecule has 2 N–H and O–H groups in total. The SMILES string of the molecule is CC1=CC2O[C@@H]3C[C@H]4OC(=O)/C=C\C=C\C(=O)OCC[C@@H](C)[C@@H](N)C(=O)OC[C@@]2(CC1)[C@]4(C)[C@]31CO1. The van der Waals surface area contributed by atoms with Gasteiger partial charge in [0, 0.05) is 24.0 Å². The molecule has 9 heteroatoms. The van der Waals surface area contributed by atoms with Crippen LogP contribution in [0.2, 0.25) is 0 Å². The number of cyclic esters (lactones) is 2. The molecule has 0 amide bonds. The summed E-state index contributed by atoms with van der Waals surface area (Å²) in [6, 6.07) is -0.870. The molecular weight excluding hydrogens is 466 g/mol. The summed E-state index contributed by atoms with van der Waals surface area (Å²) in [4.78, 5) is 37.8. The lowest BCUT2D eigenvalue weighted by molar-refractivity contribution is -0.233. The maximum atomic E-state index is 13.1. The first-order valence-corrected chi connectivity index (χ1v) is 12.7. The molecule has 5 aliphatic rings. The van der Waals surface area contributed by atoms with Crippen molar-refractivity contribution >= 4 is 17.9 Å². The van der Waals surface area contributed by atoms with E-state index in [4.69, 9.17) is 29.4 Å². The van der Waals surface area contributed by atoms with Crippen molar-refractivity contribution in [1.29, 1.82) is 0 Å². The summed E-state index contributed by atoms with van der Waals surface area (Å²) in [5.41, 5.74) is 5.57. The van der Waals surface area contributed by atoms with Gasteiger partial charge in [-0.3, -0.25) is 4.79 Å². The number of allylic oxidation sites excluding steroid dienone is 3. The first kappa shape index (κ1) is 25.2. The molecule has 2 saturated heterocycles. The summed E-state index contributed by atoms with van der Waals surface area (Å²) in [5.74, 6) is -1.84. The average Bonchev–Trinajstić information content (AvgIpc) is 3.62. The van der Waals surface area contributed by atoms with Crippen LogP contribution in [0.3, 0.4) is 0 Å². The minimum Gasteiger partial charge on any atom is -0.464 e. The number of hydrogen-bond donors (Lipinski definition) is 1. The molecule has 3 heterocycles. The summed E-state index contributed by atoms with van der Waals surface area (Å²) in [6.07, 6.45) is 8.93. The van der Waals surface area contributed by atoms with Crippen LogP contribution in [0.25, 0.3) is 0 Å². The fourth-order valence-electron chi connectivity index (χ4n) is 6.68. The number of rotatable bonds is 0. The second kappa shape index (κ2) is 9.11. The van der Waals surface area contributed by atoms with Crippen LogP contribution in [-0.4, -0.2) is 67.7 Å². The second-order valence-electron chi connectivity index (χ2n) is 11.0. The van der Waals surface area contributed by atoms with Crippen LogP contribution >= 0.6 is 0 Å². The summed E-state index contributed by atoms with van der Waals surface area (Å²) in [7, 11) is 0. The Morgan fingerprint density at radius 2 is 1.75 bits per heavy atom. The number of esters is 3. The number of epoxide rings is 1. The Kier molecular flexibility index (Phi) is 6.37. The van der Waals surface area contributed by atoms with Crippen LogP contribution in [0.4, 0.5) is 0 Å². The van der Waals surface area contributed by atoms with Gasteiger partial charge in [0.2, 0.25) is 0 Å². The fourth-order valence-corrected chi connectivity index (χ4v) is 6.68. The molecule has 0 aromatic rings. The molecule has 0 aromatic heterocycles. The Morgan fingerprint density at radius 3 is 2.47 bits per heavy atom. The first-order valence-electron chi connectivity index (χ1n) is 12.7. The van der Waals surface area contributed by atoms with Gasteiger partial charge in [-0.1, -0.05) is 37.6 Å². The molecule has 8 atom stereocenters. The summed E-state index contributed by atoms with van der Waals surface area (Å²) < 4.78 is 29.8. The molecule has 3 fully saturated rings. The van der Waals surface area contributed by atoms with Gasteiger partial charge in [0.1, 0.15) is 24.4 Å². The lowest BCUT2D eigenvalue weighted by Crippen LogP contribution is -2.67. The third-order valence-corrected chi connectivity index (χ3v) is 9.23. The molecule has 1 saturated carbocycles. The highest BCUT2D eigenvalue weighted by Crippen LogP contribution is 2.72. The number of carbonyl (C=O) groups excluding carboxylic acids is 3. The van der Waals surface area contributed by atoms with Gasteiger partial charge in [-0.05, 0) is 32.1 Å². The predicted molar refractivity (Wildman–Crippen MR) is 127 cm³/mol. The molecule has 2 bridgehead atoms. The Balaban J connectivity index is 1.52. The van der Waals surface area contributed by atoms with Gasteiger partial charge < -0.3 is 29.4 Å². The molecule has 0 aromatic carbocycles. The molecule has 0 radical (unpaired) electrons. The van der Waals surface area contributed by atoms with Crippen LogP contribution in [-0.2, 0) is 38.1 Å². The summed E-state index contributed by atoms with van der Waals surface area (Å²) >= 11 is 0. The van der Waals surface area contributed by atoms with Gasteiger partial charge in [-0.2, -0.15) is 0 Å². The molecule has 2 spiro atoms. The largest absolute Gasteiger partial charge is 0.464 e. The summed E-state index contributed by atoms with van der Waals surface area (Å²) in [6.45, 7) is 6.70. The normalized spacial score (nSPS) is 46.8. The summed E-state index contributed by atoms with van der Waals surface area (Å²) in [5, 5.41) is 0. The van der Waals surface area contributed by atoms with E-state index >= 15 is 0 Å². The van der Waals surface area contributed by atoms with Crippen LogP contribution in [0.15, 0.2) is 36.0 Å². The van der Waals surface area contributed by atoms with E-state index in [1.807, 2.05) is 6.92 Å². The van der Waals surface area contributed by atoms with Crippen molar-refractivity contribution in [3.05, 3.63) is 36.0 Å². The highest BCUT2D eigenvalue weighted by Gasteiger charge is 2.83. The Morgan fingerprint density at radius 1 is 1.03 bits per heavy atom. The Labute approximate surface area is 211 Å². The highest BCUT2D eigenvalue weighted by atomic mass is 16.6. The number of hydrogen-bond acceptors (Lipinski definition) is 9. The third-order valence-electron chi connectivity index (χ3n) is 9.23. The lowest BCUT2D eigenvalue weighted by atomic mass is 9.51. The molecule has 36 heavy (non-hydrogen) atoms. The first-order chi connectivity index (χ1) is 17.1. The van der Waals surface area contributed by atoms with Crippen LogP contribution in [0, 0.1) is 16.7 Å². The van der Waals surface area contributed by atoms with Gasteiger partial charge in [-0.15, -0.1) is 0 Å². The molecule has 9 nitrogen and oxygen atoms in total. The lowest BCUT2D eigenvalue weighted by Gasteiger charge is -2.58. The van der Waals surface area contributed by atoms with Crippen molar-refractivity contribution in [2.75, 3.05) is 19.8 Å². The van der Waals surface area contributed by atoms with E-state index in [0.717, 1.165) is 6.42 Å². The molecule has 5 rings (SSSR count). The molecule has 196 valence electrons. The minimum atomic E-state index is -0.870. The monoisotopic (exact) mass is 501 g/mol. The third kappa shape index (κ3) is 3.83. The second-order valence-corrected chi connectivity index (χ2v) is 11.0. The average molecular weight is 502 g/mol. The molecule has 1 unspecified atom stereocenters. The van der Waals surface area contributed by atoms with E-state index in [2.05, 4.69) is 19.9 Å². The molecule has 3 aliphatic heterocycles. The van der Waals surface area contributed by atoms with E-state index in [1.165, 1.54) is 29.9 Å². The van der Waals surface area contributed by atoms with E-state index in [1.54, 1.807) is 0 Å². The number of nitrogens with two attached hydrogens (primary N) is 1. The van der Waals surface area contributed by atoms with Crippen molar-refractivity contribution in [3.63, 3.8) is 0 Å². The quantitative estimate of drug-likeness (QED) is 0.230. The molecule has 2 aliphatic carbocycles. The van der Waals surface area contributed by atoms with E-state index in [-0.39, 0.29) is 31.3 Å². The van der Waals surface area contributed by atoms with Crippen molar-refractivity contribution in [2.24, 2.45) is 22.5 Å². The van der Waals surface area contributed by atoms with Gasteiger partial charge in [-0.25, -0.2) is 9.59 Å². The van der Waals surface area contributed by atoms with Gasteiger partial charge in [0.05, 0.1) is 30.8 Å². The predicted octanol–water partition coefficient (Wildman–Crippen LogP) is 2.14. The standard InChI is InChI=1S/C27H35NO8/c1-16-8-10-26-14-33-24(31)23(28)17(2)9-11-32-21(29)6-4-5-7-22(30)36-18-13-20(35-19(26)12-16)27(15-34-27)25(18,26)3/h4-7,12,17-20,23H,8-11,13-15,28H2,1-3H3/b6-4+,7-5-/t17-,18-,19?,20-,23-,25-,26-,27+/m1/s1. The highest BCUT2D eigenvalue weighted by molar-refractivity contribution is 5.84. The van der Waals surface area contributed by atoms with Crippen molar-refractivity contribution in [3.8, 4) is 0 Å². The smallest absolute Gasteiger partial charge is 0.331 e. The van der Waals surface area contributed by atoms with Crippen LogP contribution in [0.1, 0.15) is 46.5 Å². The van der Waals surface area contributed by atoms with Crippen molar-refractivity contribution in [2.45, 2.75) is 76.4 Å². The van der Waals surface area contributed by atoms with Crippen molar-refractivity contribution in [1.82, 2.24) is 0 Å². The van der Waals surface area contributed by atoms with Gasteiger partial charge in [0.15, 0.2) is 0 Å². The maximum absolute atomic E-state index is 13.1. The van der Waals surface area contributed by atoms with E-state index in [9.17, 15) is 14.4 Å². The van der Waals surface area contributed by atoms with Gasteiger partial charge >= 0.3 is 17.9 Å². The van der Waals surface area contributed by atoms with Crippen molar-refractivity contribution < 1.29 is 38.1 Å². The Bertz CT molecular complexity index is 1030. The van der Waals surface area contributed by atoms with Crippen LogP contribution < -0.4 is 5.73 Å². The van der Waals surface area contributed by atoms with Crippen LogP contribution in [0.5, 0.6) is 0 Å². The zero-order valence-corrected chi connectivity index (χ0v) is 21.1. The molecular formula is C27H35NO8. The van der Waals surface area contributed by atoms with Gasteiger partial charge in [0.25, 0.3) is 0 Å². The Hall–Kier alpha value is -2.49. The minimum absolute atomic E-state index is 0.0800. The fraction of sp³-hybridized carbons (Fsp3) is 0.667. The van der Waals surface area contributed by atoms with E-state index < -0.39 is 46.5 Å². The van der Waals surface area contributed by atoms with E-state index in [0.29, 0.717) is 25.9 Å². The maximum Gasteiger partial charge on any atom is 0.331 e.